The third kappa shape index (κ3) is 4.29. The molecule has 0 spiro atoms. The van der Waals surface area contributed by atoms with E-state index >= 15 is 0 Å². The first-order chi connectivity index (χ1) is 15.6. The van der Waals surface area contributed by atoms with E-state index in [0.717, 1.165) is 63.0 Å². The molecule has 0 amide bonds. The summed E-state index contributed by atoms with van der Waals surface area (Å²) in [5, 5.41) is 15.3. The van der Waals surface area contributed by atoms with Crippen LogP contribution in [-0.4, -0.2) is 26.5 Å². The van der Waals surface area contributed by atoms with Gasteiger partial charge in [0.1, 0.15) is 5.01 Å². The van der Waals surface area contributed by atoms with Crippen molar-refractivity contribution in [1.82, 2.24) is 19.7 Å². The monoisotopic (exact) mass is 484 g/mol. The van der Waals surface area contributed by atoms with E-state index in [1.54, 1.807) is 34.4 Å². The van der Waals surface area contributed by atoms with Crippen LogP contribution in [0.5, 0.6) is 11.5 Å². The van der Waals surface area contributed by atoms with E-state index in [9.17, 15) is 0 Å². The molecule has 166 valence electrons. The van der Waals surface area contributed by atoms with Gasteiger partial charge in [-0.05, 0) is 36.6 Å². The Morgan fingerprint density at radius 3 is 2.75 bits per heavy atom. The molecule has 1 aliphatic heterocycles. The van der Waals surface area contributed by atoms with Gasteiger partial charge in [0.25, 0.3) is 0 Å². The Morgan fingerprint density at radius 2 is 1.94 bits per heavy atom. The molecule has 1 aromatic carbocycles. The Morgan fingerprint density at radius 1 is 1.06 bits per heavy atom. The van der Waals surface area contributed by atoms with Crippen LogP contribution in [-0.2, 0) is 12.3 Å². The number of nitrogens with zero attached hydrogens (tertiary/aromatic N) is 4. The van der Waals surface area contributed by atoms with Crippen LogP contribution < -0.4 is 9.47 Å². The van der Waals surface area contributed by atoms with Gasteiger partial charge in [0.05, 0.1) is 5.69 Å². The zero-order valence-electron chi connectivity index (χ0n) is 18.2. The van der Waals surface area contributed by atoms with Crippen molar-refractivity contribution in [2.45, 2.75) is 50.6 Å². The number of hydrogen-bond donors (Lipinski definition) is 0. The van der Waals surface area contributed by atoms with Crippen LogP contribution in [0.4, 0.5) is 0 Å². The molecule has 6 nitrogen and oxygen atoms in total. The second-order valence-electron chi connectivity index (χ2n) is 7.85. The number of thiazole rings is 1. The van der Waals surface area contributed by atoms with Gasteiger partial charge in [-0.15, -0.1) is 32.9 Å². The van der Waals surface area contributed by atoms with Gasteiger partial charge in [-0.2, -0.15) is 0 Å². The van der Waals surface area contributed by atoms with Crippen LogP contribution in [0.25, 0.3) is 22.0 Å². The molecule has 0 saturated heterocycles. The molecule has 0 fully saturated rings. The second kappa shape index (κ2) is 9.25. The van der Waals surface area contributed by atoms with Gasteiger partial charge in [0, 0.05) is 39.1 Å². The normalized spacial score (nSPS) is 12.8. The van der Waals surface area contributed by atoms with Crippen molar-refractivity contribution in [3.8, 4) is 33.5 Å². The van der Waals surface area contributed by atoms with Crippen molar-refractivity contribution >= 4 is 34.4 Å². The van der Waals surface area contributed by atoms with Gasteiger partial charge in [0.15, 0.2) is 22.5 Å². The minimum Gasteiger partial charge on any atom is -0.454 e. The van der Waals surface area contributed by atoms with Crippen molar-refractivity contribution in [2.75, 3.05) is 6.79 Å². The minimum absolute atomic E-state index is 0.281. The summed E-state index contributed by atoms with van der Waals surface area (Å²) in [6, 6.07) is 8.21. The molecule has 9 heteroatoms. The summed E-state index contributed by atoms with van der Waals surface area (Å²) in [5.41, 5.74) is 3.24. The van der Waals surface area contributed by atoms with E-state index in [1.165, 1.54) is 4.88 Å². The highest BCUT2D eigenvalue weighted by Gasteiger charge is 2.18. The average molecular weight is 485 g/mol. The zero-order chi connectivity index (χ0) is 22.1. The molecule has 0 saturated carbocycles. The second-order valence-corrected chi connectivity index (χ2v) is 10.6. The van der Waals surface area contributed by atoms with E-state index in [1.807, 2.05) is 18.2 Å². The summed E-state index contributed by atoms with van der Waals surface area (Å²) in [6.45, 7) is 7.81. The minimum atomic E-state index is 0.281. The zero-order valence-corrected chi connectivity index (χ0v) is 20.6. The summed E-state index contributed by atoms with van der Waals surface area (Å²) in [6.07, 6.45) is 1.03. The number of thiophene rings is 1. The number of ether oxygens (including phenoxy) is 2. The molecule has 32 heavy (non-hydrogen) atoms. The third-order valence-electron chi connectivity index (χ3n) is 5.13. The van der Waals surface area contributed by atoms with Crippen LogP contribution in [0.1, 0.15) is 43.7 Å². The molecule has 5 rings (SSSR count). The number of aromatic nitrogens is 4. The smallest absolute Gasteiger partial charge is 0.231 e. The van der Waals surface area contributed by atoms with Crippen LogP contribution in [0.15, 0.2) is 40.2 Å². The maximum absolute atomic E-state index is 5.50. The molecule has 4 heterocycles. The molecular weight excluding hydrogens is 460 g/mol. The highest BCUT2D eigenvalue weighted by Crippen LogP contribution is 2.37. The highest BCUT2D eigenvalue weighted by atomic mass is 32.2. The fourth-order valence-corrected chi connectivity index (χ4v) is 6.16. The van der Waals surface area contributed by atoms with Crippen molar-refractivity contribution in [2.24, 2.45) is 0 Å². The first-order valence-corrected chi connectivity index (χ1v) is 13.4. The van der Waals surface area contributed by atoms with Crippen molar-refractivity contribution in [1.29, 1.82) is 0 Å². The highest BCUT2D eigenvalue weighted by molar-refractivity contribution is 7.98. The fourth-order valence-electron chi connectivity index (χ4n) is 3.48. The molecular formula is C23H24N4O2S3. The van der Waals surface area contributed by atoms with Crippen LogP contribution in [0.3, 0.4) is 0 Å². The number of benzene rings is 1. The van der Waals surface area contributed by atoms with Gasteiger partial charge >= 0.3 is 0 Å². The summed E-state index contributed by atoms with van der Waals surface area (Å²) >= 11 is 5.13. The van der Waals surface area contributed by atoms with Crippen molar-refractivity contribution < 1.29 is 9.47 Å². The average Bonchev–Trinajstić information content (AvgIpc) is 3.58. The molecule has 1 aliphatic rings. The molecule has 3 aromatic heterocycles. The molecule has 0 radical (unpaired) electrons. The summed E-state index contributed by atoms with van der Waals surface area (Å²) < 4.78 is 13.1. The Kier molecular flexibility index (Phi) is 6.21. The predicted molar refractivity (Wildman–Crippen MR) is 131 cm³/mol. The maximum Gasteiger partial charge on any atom is 0.231 e. The standard InChI is InChI=1S/C23H24N4O2S3/c1-4-7-27-21(16-9-20(14(2)3)30-10-16)25-26-23(27)32-12-17-11-31-22(24-17)15-5-6-18-19(8-15)29-13-28-18/h5-6,8-11,14H,4,7,12-13H2,1-3H3. The van der Waals surface area contributed by atoms with Crippen molar-refractivity contribution in [3.05, 3.63) is 45.6 Å². The van der Waals surface area contributed by atoms with Gasteiger partial charge in [-0.1, -0.05) is 32.5 Å². The number of fused-ring (bicyclic) bond motifs is 1. The molecule has 0 atom stereocenters. The van der Waals surface area contributed by atoms with Gasteiger partial charge in [-0.25, -0.2) is 4.98 Å². The first kappa shape index (κ1) is 21.5. The maximum atomic E-state index is 5.50. The largest absolute Gasteiger partial charge is 0.454 e. The van der Waals surface area contributed by atoms with E-state index in [4.69, 9.17) is 14.5 Å². The lowest BCUT2D eigenvalue weighted by Crippen LogP contribution is -2.01. The topological polar surface area (TPSA) is 62.1 Å². The first-order valence-electron chi connectivity index (χ1n) is 10.6. The lowest BCUT2D eigenvalue weighted by atomic mass is 10.1. The van der Waals surface area contributed by atoms with E-state index in [2.05, 4.69) is 52.4 Å². The summed E-state index contributed by atoms with van der Waals surface area (Å²) in [7, 11) is 0. The van der Waals surface area contributed by atoms with Crippen LogP contribution >= 0.6 is 34.4 Å². The summed E-state index contributed by atoms with van der Waals surface area (Å²) in [4.78, 5) is 6.20. The van der Waals surface area contributed by atoms with E-state index < -0.39 is 0 Å². The Labute approximate surface area is 199 Å². The molecule has 0 N–H and O–H groups in total. The molecule has 4 aromatic rings. The Hall–Kier alpha value is -2.36. The van der Waals surface area contributed by atoms with Gasteiger partial charge < -0.3 is 14.0 Å². The lowest BCUT2D eigenvalue weighted by Gasteiger charge is -2.07. The van der Waals surface area contributed by atoms with E-state index in [-0.39, 0.29) is 6.79 Å². The number of hydrogen-bond acceptors (Lipinski definition) is 8. The third-order valence-corrected chi connectivity index (χ3v) is 8.31. The lowest BCUT2D eigenvalue weighted by molar-refractivity contribution is 0.174. The van der Waals surface area contributed by atoms with Crippen molar-refractivity contribution in [3.63, 3.8) is 0 Å². The fraction of sp³-hybridized carbons (Fsp3) is 0.348. The van der Waals surface area contributed by atoms with Gasteiger partial charge in [-0.3, -0.25) is 0 Å². The molecule has 0 unspecified atom stereocenters. The van der Waals surface area contributed by atoms with Gasteiger partial charge in [0.2, 0.25) is 6.79 Å². The predicted octanol–water partition coefficient (Wildman–Crippen LogP) is 6.68. The van der Waals surface area contributed by atoms with Crippen LogP contribution in [0.2, 0.25) is 0 Å². The number of thioether (sulfide) groups is 1. The number of rotatable bonds is 8. The quantitative estimate of drug-likeness (QED) is 0.260. The Bertz CT molecular complexity index is 1230. The van der Waals surface area contributed by atoms with Crippen LogP contribution in [0, 0.1) is 0 Å². The van der Waals surface area contributed by atoms with E-state index in [0.29, 0.717) is 5.92 Å². The SMILES string of the molecule is CCCn1c(SCc2csc(-c3ccc4c(c3)OCO4)n2)nnc1-c1csc(C(C)C)c1. The summed E-state index contributed by atoms with van der Waals surface area (Å²) in [5.74, 6) is 3.80. The molecule has 0 bridgehead atoms. The molecule has 0 aliphatic carbocycles. The Balaban J connectivity index is 1.32.